The summed E-state index contributed by atoms with van der Waals surface area (Å²) in [7, 11) is 0. The van der Waals surface area contributed by atoms with Crippen LogP contribution in [0, 0.1) is 12.7 Å². The van der Waals surface area contributed by atoms with E-state index in [0.29, 0.717) is 18.8 Å². The molecule has 0 radical (unpaired) electrons. The minimum Gasteiger partial charge on any atom is -0.328 e. The second kappa shape index (κ2) is 6.23. The van der Waals surface area contributed by atoms with Crippen LogP contribution in [0.1, 0.15) is 27.8 Å². The van der Waals surface area contributed by atoms with Gasteiger partial charge in [0, 0.05) is 25.3 Å². The highest BCUT2D eigenvalue weighted by molar-refractivity contribution is 5.92. The maximum absolute atomic E-state index is 13.5. The number of halogens is 1. The van der Waals surface area contributed by atoms with Crippen LogP contribution in [0.2, 0.25) is 0 Å². The maximum atomic E-state index is 13.5. The number of benzene rings is 1. The van der Waals surface area contributed by atoms with E-state index in [2.05, 4.69) is 10.3 Å². The molecule has 1 atom stereocenters. The zero-order valence-corrected chi connectivity index (χ0v) is 12.4. The van der Waals surface area contributed by atoms with E-state index < -0.39 is 0 Å². The molecule has 1 aromatic carbocycles. The Morgan fingerprint density at radius 3 is 2.91 bits per heavy atom. The molecular weight excluding hydrogens is 281 g/mol. The van der Waals surface area contributed by atoms with Crippen molar-refractivity contribution in [2.24, 2.45) is 0 Å². The average Bonchev–Trinajstić information content (AvgIpc) is 2.54. The van der Waals surface area contributed by atoms with Crippen LogP contribution >= 0.6 is 0 Å². The zero-order valence-electron chi connectivity index (χ0n) is 12.4. The largest absolute Gasteiger partial charge is 0.328 e. The van der Waals surface area contributed by atoms with Gasteiger partial charge in [0.1, 0.15) is 11.5 Å². The molecule has 2 aromatic rings. The molecule has 22 heavy (non-hydrogen) atoms. The molecule has 1 aromatic heterocycles. The number of carbonyl (C=O) groups excluding carboxylic acids is 1. The van der Waals surface area contributed by atoms with Crippen molar-refractivity contribution in [2.75, 3.05) is 19.6 Å². The third-order valence-corrected chi connectivity index (χ3v) is 3.85. The maximum Gasteiger partial charge on any atom is 0.273 e. The lowest BCUT2D eigenvalue weighted by molar-refractivity contribution is 0.0627. The Morgan fingerprint density at radius 1 is 1.32 bits per heavy atom. The number of nitrogens with one attached hydrogen (secondary N) is 1. The summed E-state index contributed by atoms with van der Waals surface area (Å²) in [6, 6.07) is 11.7. The van der Waals surface area contributed by atoms with Gasteiger partial charge in [-0.1, -0.05) is 18.2 Å². The molecule has 2 heterocycles. The number of amides is 1. The summed E-state index contributed by atoms with van der Waals surface area (Å²) < 4.78 is 13.5. The topological polar surface area (TPSA) is 45.2 Å². The van der Waals surface area contributed by atoms with E-state index >= 15 is 0 Å². The molecule has 0 spiro atoms. The first-order valence-corrected chi connectivity index (χ1v) is 7.36. The summed E-state index contributed by atoms with van der Waals surface area (Å²) >= 11 is 0. The number of aryl methyl sites for hydroxylation is 1. The van der Waals surface area contributed by atoms with Gasteiger partial charge in [-0.3, -0.25) is 4.79 Å². The summed E-state index contributed by atoms with van der Waals surface area (Å²) in [5.74, 6) is -0.399. The first-order chi connectivity index (χ1) is 10.6. The van der Waals surface area contributed by atoms with Crippen LogP contribution in [-0.2, 0) is 0 Å². The predicted octanol–water partition coefficient (Wildman–Crippen LogP) is 2.32. The van der Waals surface area contributed by atoms with Crippen molar-refractivity contribution in [3.63, 3.8) is 0 Å². The normalized spacial score (nSPS) is 18.3. The first kappa shape index (κ1) is 14.7. The van der Waals surface area contributed by atoms with Gasteiger partial charge in [-0.15, -0.1) is 0 Å². The lowest BCUT2D eigenvalue weighted by Crippen LogP contribution is -2.48. The SMILES string of the molecule is Cc1cccc(C(=O)N2CCNCC2c2cccc(F)c2)n1. The molecule has 1 aliphatic heterocycles. The fourth-order valence-corrected chi connectivity index (χ4v) is 2.77. The van der Waals surface area contributed by atoms with E-state index in [1.807, 2.05) is 25.1 Å². The van der Waals surface area contributed by atoms with Crippen molar-refractivity contribution in [2.45, 2.75) is 13.0 Å². The Labute approximate surface area is 129 Å². The third kappa shape index (κ3) is 2.99. The van der Waals surface area contributed by atoms with Gasteiger partial charge in [0.2, 0.25) is 0 Å². The lowest BCUT2D eigenvalue weighted by Gasteiger charge is -2.36. The van der Waals surface area contributed by atoms with Gasteiger partial charge in [-0.25, -0.2) is 9.37 Å². The highest BCUT2D eigenvalue weighted by Crippen LogP contribution is 2.24. The number of hydrogen-bond donors (Lipinski definition) is 1. The van der Waals surface area contributed by atoms with Crippen LogP contribution in [0.3, 0.4) is 0 Å². The smallest absolute Gasteiger partial charge is 0.273 e. The van der Waals surface area contributed by atoms with Gasteiger partial charge >= 0.3 is 0 Å². The molecule has 1 saturated heterocycles. The standard InChI is InChI=1S/C17H18FN3O/c1-12-4-2-7-15(20-12)17(22)21-9-8-19-11-16(21)13-5-3-6-14(18)10-13/h2-7,10,16,19H,8-9,11H2,1H3. The van der Waals surface area contributed by atoms with Crippen LogP contribution in [0.4, 0.5) is 4.39 Å². The van der Waals surface area contributed by atoms with Gasteiger partial charge < -0.3 is 10.2 Å². The first-order valence-electron chi connectivity index (χ1n) is 7.36. The molecule has 114 valence electrons. The van der Waals surface area contributed by atoms with Crippen molar-refractivity contribution in [1.29, 1.82) is 0 Å². The molecule has 1 fully saturated rings. The molecule has 4 nitrogen and oxygen atoms in total. The number of pyridine rings is 1. The van der Waals surface area contributed by atoms with Crippen LogP contribution in [0.5, 0.6) is 0 Å². The number of nitrogens with zero attached hydrogens (tertiary/aromatic N) is 2. The van der Waals surface area contributed by atoms with E-state index in [4.69, 9.17) is 0 Å². The average molecular weight is 299 g/mol. The Balaban J connectivity index is 1.91. The van der Waals surface area contributed by atoms with E-state index in [0.717, 1.165) is 17.8 Å². The van der Waals surface area contributed by atoms with Gasteiger partial charge in [0.15, 0.2) is 0 Å². The molecule has 0 aliphatic carbocycles. The minimum atomic E-state index is -0.288. The summed E-state index contributed by atoms with van der Waals surface area (Å²) in [5.41, 5.74) is 2.04. The molecule has 1 amide bonds. The summed E-state index contributed by atoms with van der Waals surface area (Å²) in [6.45, 7) is 3.78. The minimum absolute atomic E-state index is 0.112. The van der Waals surface area contributed by atoms with Gasteiger partial charge in [0.05, 0.1) is 6.04 Å². The van der Waals surface area contributed by atoms with Crippen LogP contribution < -0.4 is 5.32 Å². The van der Waals surface area contributed by atoms with E-state index in [1.54, 1.807) is 17.0 Å². The van der Waals surface area contributed by atoms with Gasteiger partial charge in [-0.2, -0.15) is 0 Å². The molecule has 5 heteroatoms. The monoisotopic (exact) mass is 299 g/mol. The Bertz CT molecular complexity index is 689. The van der Waals surface area contributed by atoms with E-state index in [1.165, 1.54) is 12.1 Å². The van der Waals surface area contributed by atoms with Gasteiger partial charge in [-0.05, 0) is 36.8 Å². The molecule has 0 saturated carbocycles. The quantitative estimate of drug-likeness (QED) is 0.925. The van der Waals surface area contributed by atoms with Crippen molar-refractivity contribution >= 4 is 5.91 Å². The fraction of sp³-hybridized carbons (Fsp3) is 0.294. The number of carbonyl (C=O) groups is 1. The lowest BCUT2D eigenvalue weighted by atomic mass is 10.0. The molecule has 1 aliphatic rings. The molecule has 3 rings (SSSR count). The number of hydrogen-bond acceptors (Lipinski definition) is 3. The summed E-state index contributed by atoms with van der Waals surface area (Å²) in [4.78, 5) is 18.8. The van der Waals surface area contributed by atoms with Crippen molar-refractivity contribution in [3.8, 4) is 0 Å². The summed E-state index contributed by atoms with van der Waals surface area (Å²) in [5, 5.41) is 3.26. The third-order valence-electron chi connectivity index (χ3n) is 3.85. The van der Waals surface area contributed by atoms with Crippen LogP contribution in [-0.4, -0.2) is 35.4 Å². The number of piperazine rings is 1. The van der Waals surface area contributed by atoms with E-state index in [-0.39, 0.29) is 17.8 Å². The van der Waals surface area contributed by atoms with Crippen molar-refractivity contribution in [3.05, 3.63) is 65.2 Å². The molecule has 1 N–H and O–H groups in total. The molecular formula is C17H18FN3O. The Kier molecular flexibility index (Phi) is 4.15. The zero-order chi connectivity index (χ0) is 15.5. The highest BCUT2D eigenvalue weighted by Gasteiger charge is 2.29. The Hall–Kier alpha value is -2.27. The fourth-order valence-electron chi connectivity index (χ4n) is 2.77. The Morgan fingerprint density at radius 2 is 2.14 bits per heavy atom. The van der Waals surface area contributed by atoms with Crippen molar-refractivity contribution < 1.29 is 9.18 Å². The van der Waals surface area contributed by atoms with E-state index in [9.17, 15) is 9.18 Å². The second-order valence-electron chi connectivity index (χ2n) is 5.44. The predicted molar refractivity (Wildman–Crippen MR) is 82.0 cm³/mol. The van der Waals surface area contributed by atoms with Gasteiger partial charge in [0.25, 0.3) is 5.91 Å². The van der Waals surface area contributed by atoms with Crippen LogP contribution in [0.25, 0.3) is 0 Å². The molecule has 1 unspecified atom stereocenters. The summed E-state index contributed by atoms with van der Waals surface area (Å²) in [6.07, 6.45) is 0. The second-order valence-corrected chi connectivity index (χ2v) is 5.44. The van der Waals surface area contributed by atoms with Crippen molar-refractivity contribution in [1.82, 2.24) is 15.2 Å². The highest BCUT2D eigenvalue weighted by atomic mass is 19.1. The van der Waals surface area contributed by atoms with Crippen LogP contribution in [0.15, 0.2) is 42.5 Å². The molecule has 0 bridgehead atoms. The number of rotatable bonds is 2. The number of aromatic nitrogens is 1.